The number of halogens is 1. The van der Waals surface area contributed by atoms with Crippen molar-refractivity contribution in [3.8, 4) is 0 Å². The second-order valence-electron chi connectivity index (χ2n) is 21.2. The largest absolute Gasteiger partial charge is 0.481 e. The number of esters is 1. The Morgan fingerprint density at radius 1 is 0.855 bits per heavy atom. The van der Waals surface area contributed by atoms with Gasteiger partial charge in [-0.15, -0.1) is 0 Å². The summed E-state index contributed by atoms with van der Waals surface area (Å²) in [6.45, 7) is 20.9. The minimum absolute atomic E-state index is 0.00247. The molecule has 1 aromatic carbocycles. The number of rotatable bonds is 9. The number of carboxylic acid groups (broad SMARTS) is 1. The van der Waals surface area contributed by atoms with Crippen molar-refractivity contribution >= 4 is 35.2 Å². The Balaban J connectivity index is 1.10. The SMILES string of the molecule is CC(C)C1=C2[C@H]3CC[C@@H]4[C@@]5(C)CC[C@H](OC(=O)[C@H]6C[C@@H](C(=O)O)C6(C)C)C(C)(C)[C@@H]5CC[C@@]4(C)[C@]3(C)CC[C@@]2(CC(=O)NCCc2ccc(Cl)cc2)CC1=O. The van der Waals surface area contributed by atoms with E-state index in [1.165, 1.54) is 5.57 Å². The first-order valence-corrected chi connectivity index (χ1v) is 21.7. The third-order valence-electron chi connectivity index (χ3n) is 17.8. The van der Waals surface area contributed by atoms with Crippen molar-refractivity contribution in [2.45, 2.75) is 145 Å². The van der Waals surface area contributed by atoms with Crippen LogP contribution in [0.3, 0.4) is 0 Å². The third-order valence-corrected chi connectivity index (χ3v) is 18.0. The Bertz CT molecular complexity index is 1780. The van der Waals surface area contributed by atoms with Gasteiger partial charge in [-0.2, -0.15) is 0 Å². The van der Waals surface area contributed by atoms with Gasteiger partial charge in [0.25, 0.3) is 0 Å². The lowest BCUT2D eigenvalue weighted by molar-refractivity contribution is -0.236. The van der Waals surface area contributed by atoms with Crippen molar-refractivity contribution in [3.63, 3.8) is 0 Å². The summed E-state index contributed by atoms with van der Waals surface area (Å²) in [6.07, 6.45) is 9.75. The Morgan fingerprint density at radius 2 is 1.55 bits per heavy atom. The molecule has 1 amide bonds. The molecule has 2 N–H and O–H groups in total. The summed E-state index contributed by atoms with van der Waals surface area (Å²) in [5, 5.41) is 13.6. The lowest BCUT2D eigenvalue weighted by Gasteiger charge is -2.72. The number of amides is 1. The number of ether oxygens (including phenoxy) is 1. The normalized spacial score (nSPS) is 39.9. The van der Waals surface area contributed by atoms with E-state index >= 15 is 0 Å². The molecule has 7 nitrogen and oxygen atoms in total. The number of carboxylic acids is 1. The first-order valence-electron chi connectivity index (χ1n) is 21.3. The minimum atomic E-state index is -0.830. The van der Waals surface area contributed by atoms with Crippen molar-refractivity contribution in [1.29, 1.82) is 0 Å². The van der Waals surface area contributed by atoms with Crippen LogP contribution in [0.15, 0.2) is 35.4 Å². The molecule has 302 valence electrons. The van der Waals surface area contributed by atoms with Crippen LogP contribution < -0.4 is 5.32 Å². The molecule has 55 heavy (non-hydrogen) atoms. The average molecular weight is 776 g/mol. The van der Waals surface area contributed by atoms with E-state index in [9.17, 15) is 24.3 Å². The molecule has 0 unspecified atom stereocenters. The quantitative estimate of drug-likeness (QED) is 0.242. The lowest BCUT2D eigenvalue weighted by Crippen LogP contribution is -2.66. The lowest BCUT2D eigenvalue weighted by atomic mass is 9.33. The maximum Gasteiger partial charge on any atom is 0.309 e. The van der Waals surface area contributed by atoms with Crippen molar-refractivity contribution < 1.29 is 29.0 Å². The molecule has 0 aliphatic heterocycles. The summed E-state index contributed by atoms with van der Waals surface area (Å²) in [7, 11) is 0. The molecular weight excluding hydrogens is 710 g/mol. The number of allylic oxidation sites excluding steroid dienone is 2. The Morgan fingerprint density at radius 3 is 2.18 bits per heavy atom. The topological polar surface area (TPSA) is 110 Å². The molecule has 5 saturated carbocycles. The summed E-state index contributed by atoms with van der Waals surface area (Å²) in [6, 6.07) is 7.77. The number of ketones is 1. The van der Waals surface area contributed by atoms with Gasteiger partial charge < -0.3 is 15.2 Å². The van der Waals surface area contributed by atoms with Gasteiger partial charge in [-0.25, -0.2) is 0 Å². The fourth-order valence-corrected chi connectivity index (χ4v) is 14.6. The van der Waals surface area contributed by atoms with Crippen LogP contribution in [-0.2, 0) is 30.3 Å². The monoisotopic (exact) mass is 775 g/mol. The maximum absolute atomic E-state index is 14.0. The van der Waals surface area contributed by atoms with E-state index in [1.807, 2.05) is 38.1 Å². The first kappa shape index (κ1) is 40.5. The molecule has 7 rings (SSSR count). The molecule has 0 bridgehead atoms. The highest BCUT2D eigenvalue weighted by Gasteiger charge is 2.70. The van der Waals surface area contributed by atoms with Gasteiger partial charge in [0.05, 0.1) is 11.8 Å². The van der Waals surface area contributed by atoms with Gasteiger partial charge in [-0.05, 0) is 133 Å². The van der Waals surface area contributed by atoms with Gasteiger partial charge in [-0.3, -0.25) is 19.2 Å². The number of Topliss-reactive ketones (excluding diaryl/α,β-unsaturated/α-hetero) is 1. The van der Waals surface area contributed by atoms with Crippen LogP contribution >= 0.6 is 11.6 Å². The van der Waals surface area contributed by atoms with Crippen LogP contribution in [0, 0.1) is 68.0 Å². The van der Waals surface area contributed by atoms with Crippen LogP contribution in [0.4, 0.5) is 0 Å². The fraction of sp³-hybridized carbons (Fsp3) is 0.745. The van der Waals surface area contributed by atoms with E-state index in [2.05, 4.69) is 53.8 Å². The number of fused-ring (bicyclic) bond motifs is 7. The highest BCUT2D eigenvalue weighted by Crippen LogP contribution is 2.77. The molecule has 6 aliphatic carbocycles. The van der Waals surface area contributed by atoms with Crippen LogP contribution in [0.5, 0.6) is 0 Å². The van der Waals surface area contributed by atoms with E-state index in [0.717, 1.165) is 68.9 Å². The van der Waals surface area contributed by atoms with Gasteiger partial charge in [0, 0.05) is 35.2 Å². The van der Waals surface area contributed by atoms with Crippen molar-refractivity contribution in [1.82, 2.24) is 5.32 Å². The predicted molar refractivity (Wildman–Crippen MR) is 215 cm³/mol. The third kappa shape index (κ3) is 6.17. The number of carbonyl (C=O) groups excluding carboxylic acids is 3. The highest BCUT2D eigenvalue weighted by atomic mass is 35.5. The smallest absolute Gasteiger partial charge is 0.309 e. The van der Waals surface area contributed by atoms with E-state index in [4.69, 9.17) is 16.3 Å². The number of aliphatic carboxylic acids is 1. The van der Waals surface area contributed by atoms with Gasteiger partial charge in [0.15, 0.2) is 5.78 Å². The second-order valence-corrected chi connectivity index (χ2v) is 21.6. The molecule has 0 radical (unpaired) electrons. The molecule has 6 aliphatic rings. The van der Waals surface area contributed by atoms with Gasteiger partial charge in [-0.1, -0.05) is 91.6 Å². The predicted octanol–water partition coefficient (Wildman–Crippen LogP) is 10.0. The molecule has 0 saturated heterocycles. The van der Waals surface area contributed by atoms with Crippen LogP contribution in [0.2, 0.25) is 5.02 Å². The van der Waals surface area contributed by atoms with Crippen molar-refractivity contribution in [2.24, 2.45) is 68.0 Å². The molecule has 5 fully saturated rings. The number of nitrogens with one attached hydrogen (secondary N) is 1. The zero-order valence-electron chi connectivity index (χ0n) is 34.9. The van der Waals surface area contributed by atoms with Crippen molar-refractivity contribution in [2.75, 3.05) is 6.54 Å². The molecule has 0 heterocycles. The molecule has 0 spiro atoms. The Kier molecular flexibility index (Phi) is 10.1. The van der Waals surface area contributed by atoms with Crippen LogP contribution in [0.1, 0.15) is 139 Å². The Labute approximate surface area is 334 Å². The standard InChI is InChI=1S/C47H66ClNO6/c1-27(2)38-33(50)25-47(26-37(51)49-23-18-28-10-12-29(48)13-11-28)22-21-45(8)30(39(38)47)14-15-35-44(7)19-17-36(43(5,6)34(44)16-20-46(35,45)9)55-41(54)32-24-31(40(52)53)42(32,3)4/h10-13,27,30-32,34-36H,14-26H2,1-9H3,(H,49,51)(H,52,53)/t30-,31+,32-,34+,35-,36+,44+,45-,46-,47+/m1/s1. The summed E-state index contributed by atoms with van der Waals surface area (Å²) < 4.78 is 6.41. The van der Waals surface area contributed by atoms with E-state index in [1.54, 1.807) is 0 Å². The number of carbonyl (C=O) groups is 4. The molecule has 1 aromatic rings. The summed E-state index contributed by atoms with van der Waals surface area (Å²) in [5.41, 5.74) is 2.41. The molecule has 8 heteroatoms. The molecule has 10 atom stereocenters. The molecular formula is C47H66ClNO6. The number of hydrogen-bond donors (Lipinski definition) is 2. The van der Waals surface area contributed by atoms with E-state index in [-0.39, 0.29) is 63.2 Å². The van der Waals surface area contributed by atoms with Crippen molar-refractivity contribution in [3.05, 3.63) is 46.0 Å². The summed E-state index contributed by atoms with van der Waals surface area (Å²) in [5.74, 6) is -0.353. The number of hydrogen-bond acceptors (Lipinski definition) is 5. The first-order chi connectivity index (χ1) is 25.6. The second kappa shape index (κ2) is 13.7. The maximum atomic E-state index is 14.0. The van der Waals surface area contributed by atoms with E-state index < -0.39 is 22.7 Å². The van der Waals surface area contributed by atoms with Crippen LogP contribution in [0.25, 0.3) is 0 Å². The van der Waals surface area contributed by atoms with Crippen LogP contribution in [-0.4, -0.2) is 41.4 Å². The zero-order chi connectivity index (χ0) is 40.1. The molecule has 0 aromatic heterocycles. The zero-order valence-corrected chi connectivity index (χ0v) is 35.7. The number of benzene rings is 1. The van der Waals surface area contributed by atoms with Gasteiger partial charge in [0.1, 0.15) is 6.10 Å². The summed E-state index contributed by atoms with van der Waals surface area (Å²) in [4.78, 5) is 53.2. The highest BCUT2D eigenvalue weighted by molar-refractivity contribution is 6.30. The van der Waals surface area contributed by atoms with Gasteiger partial charge in [0.2, 0.25) is 5.91 Å². The fourth-order valence-electron chi connectivity index (χ4n) is 14.5. The Hall–Kier alpha value is -2.67. The van der Waals surface area contributed by atoms with E-state index in [0.29, 0.717) is 42.7 Å². The summed E-state index contributed by atoms with van der Waals surface area (Å²) >= 11 is 6.08. The average Bonchev–Trinajstić information content (AvgIpc) is 3.38. The minimum Gasteiger partial charge on any atom is -0.481 e. The van der Waals surface area contributed by atoms with Gasteiger partial charge >= 0.3 is 11.9 Å².